The smallest absolute Gasteiger partial charge is 0.207 e. The summed E-state index contributed by atoms with van der Waals surface area (Å²) in [5.74, 6) is 0. The van der Waals surface area contributed by atoms with Crippen molar-refractivity contribution in [3.63, 3.8) is 0 Å². The Morgan fingerprint density at radius 2 is 1.82 bits per heavy atom. The molecular formula is C7H13NO2S. The molecule has 1 saturated heterocycles. The van der Waals surface area contributed by atoms with Gasteiger partial charge in [0.05, 0.1) is 0 Å². The first-order chi connectivity index (χ1) is 5.05. The number of rotatable bonds is 2. The van der Waals surface area contributed by atoms with E-state index in [1.54, 1.807) is 0 Å². The van der Waals surface area contributed by atoms with Crippen molar-refractivity contribution in [2.75, 3.05) is 13.1 Å². The highest BCUT2D eigenvalue weighted by atomic mass is 32.2. The van der Waals surface area contributed by atoms with E-state index in [-0.39, 0.29) is 4.91 Å². The lowest BCUT2D eigenvalue weighted by Gasteiger charge is -2.14. The standard InChI is InChI=1S/C7H13NO2S/c1-7(2)11(9,10)8-5-3-4-6-8/h1,3-6H2,2H3. The Balaban J connectivity index is 2.80. The average Bonchev–Trinajstić information content (AvgIpc) is 2.37. The molecule has 0 unspecified atom stereocenters. The van der Waals surface area contributed by atoms with Crippen molar-refractivity contribution in [2.45, 2.75) is 19.8 Å². The zero-order valence-corrected chi connectivity index (χ0v) is 7.52. The molecule has 4 heteroatoms. The van der Waals surface area contributed by atoms with Crippen LogP contribution in [0.15, 0.2) is 11.5 Å². The first-order valence-electron chi connectivity index (χ1n) is 3.71. The van der Waals surface area contributed by atoms with Gasteiger partial charge in [0.2, 0.25) is 10.0 Å². The van der Waals surface area contributed by atoms with Crippen molar-refractivity contribution in [3.8, 4) is 0 Å². The maximum Gasteiger partial charge on any atom is 0.238 e. The molecule has 1 fully saturated rings. The number of allylic oxidation sites excluding steroid dienone is 1. The van der Waals surface area contributed by atoms with Crippen LogP contribution >= 0.6 is 0 Å². The summed E-state index contributed by atoms with van der Waals surface area (Å²) in [6.45, 7) is 6.30. The average molecular weight is 175 g/mol. The van der Waals surface area contributed by atoms with Crippen molar-refractivity contribution < 1.29 is 8.42 Å². The molecule has 0 N–H and O–H groups in total. The van der Waals surface area contributed by atoms with Gasteiger partial charge in [-0.3, -0.25) is 0 Å². The van der Waals surface area contributed by atoms with E-state index in [1.165, 1.54) is 11.2 Å². The second kappa shape index (κ2) is 2.95. The minimum atomic E-state index is -3.14. The fourth-order valence-electron chi connectivity index (χ4n) is 1.15. The molecule has 0 aromatic carbocycles. The fourth-order valence-corrected chi connectivity index (χ4v) is 2.33. The van der Waals surface area contributed by atoms with Crippen LogP contribution in [0.3, 0.4) is 0 Å². The van der Waals surface area contributed by atoms with Gasteiger partial charge in [-0.05, 0) is 19.8 Å². The Hall–Kier alpha value is -0.350. The van der Waals surface area contributed by atoms with Crippen LogP contribution in [0.1, 0.15) is 19.8 Å². The minimum Gasteiger partial charge on any atom is -0.207 e. The highest BCUT2D eigenvalue weighted by Crippen LogP contribution is 2.17. The molecule has 0 atom stereocenters. The largest absolute Gasteiger partial charge is 0.238 e. The van der Waals surface area contributed by atoms with E-state index in [9.17, 15) is 8.42 Å². The third-order valence-corrected chi connectivity index (χ3v) is 3.77. The molecule has 3 nitrogen and oxygen atoms in total. The zero-order valence-electron chi connectivity index (χ0n) is 6.71. The summed E-state index contributed by atoms with van der Waals surface area (Å²) < 4.78 is 24.2. The summed E-state index contributed by atoms with van der Waals surface area (Å²) in [6.07, 6.45) is 1.96. The van der Waals surface area contributed by atoms with Gasteiger partial charge >= 0.3 is 0 Å². The van der Waals surface area contributed by atoms with Gasteiger partial charge in [-0.1, -0.05) is 6.58 Å². The van der Waals surface area contributed by atoms with Gasteiger partial charge in [0.15, 0.2) is 0 Å². The first kappa shape index (κ1) is 8.74. The summed E-state index contributed by atoms with van der Waals surface area (Å²) in [5.41, 5.74) is 0. The molecular weight excluding hydrogens is 162 g/mol. The fraction of sp³-hybridized carbons (Fsp3) is 0.714. The van der Waals surface area contributed by atoms with Crippen molar-refractivity contribution in [1.29, 1.82) is 0 Å². The Morgan fingerprint density at radius 1 is 1.36 bits per heavy atom. The van der Waals surface area contributed by atoms with Crippen LogP contribution in [0.2, 0.25) is 0 Å². The van der Waals surface area contributed by atoms with Crippen LogP contribution in [-0.4, -0.2) is 25.8 Å². The Labute approximate surface area is 67.8 Å². The molecule has 0 amide bonds. The molecule has 0 radical (unpaired) electrons. The van der Waals surface area contributed by atoms with Crippen LogP contribution in [0.5, 0.6) is 0 Å². The highest BCUT2D eigenvalue weighted by Gasteiger charge is 2.25. The summed E-state index contributed by atoms with van der Waals surface area (Å²) in [4.78, 5) is 0.249. The van der Waals surface area contributed by atoms with Gasteiger partial charge in [-0.15, -0.1) is 0 Å². The first-order valence-corrected chi connectivity index (χ1v) is 5.15. The van der Waals surface area contributed by atoms with E-state index in [2.05, 4.69) is 6.58 Å². The Kier molecular flexibility index (Phi) is 2.34. The second-order valence-electron chi connectivity index (χ2n) is 2.81. The van der Waals surface area contributed by atoms with E-state index in [4.69, 9.17) is 0 Å². The maximum absolute atomic E-state index is 11.4. The molecule has 0 aromatic rings. The molecule has 0 bridgehead atoms. The third-order valence-electron chi connectivity index (χ3n) is 1.85. The van der Waals surface area contributed by atoms with Crippen molar-refractivity contribution in [3.05, 3.63) is 11.5 Å². The monoisotopic (exact) mass is 175 g/mol. The number of sulfonamides is 1. The molecule has 1 aliphatic rings. The van der Waals surface area contributed by atoms with Gasteiger partial charge in [0.1, 0.15) is 0 Å². The maximum atomic E-state index is 11.4. The van der Waals surface area contributed by atoms with Crippen LogP contribution in [0.4, 0.5) is 0 Å². The molecule has 0 saturated carbocycles. The van der Waals surface area contributed by atoms with Gasteiger partial charge < -0.3 is 0 Å². The zero-order chi connectivity index (χ0) is 8.48. The SMILES string of the molecule is C=C(C)S(=O)(=O)N1CCCC1. The summed E-state index contributed by atoms with van der Waals surface area (Å²) >= 11 is 0. The van der Waals surface area contributed by atoms with Crippen LogP contribution in [0.25, 0.3) is 0 Å². The lowest BCUT2D eigenvalue weighted by Crippen LogP contribution is -2.27. The van der Waals surface area contributed by atoms with Crippen LogP contribution in [-0.2, 0) is 10.0 Å². The van der Waals surface area contributed by atoms with Crippen LogP contribution in [0, 0.1) is 0 Å². The molecule has 0 aliphatic carbocycles. The third kappa shape index (κ3) is 1.62. The number of hydrogen-bond acceptors (Lipinski definition) is 2. The van der Waals surface area contributed by atoms with Gasteiger partial charge in [-0.25, -0.2) is 8.42 Å². The van der Waals surface area contributed by atoms with Gasteiger partial charge in [0, 0.05) is 18.0 Å². The molecule has 1 rings (SSSR count). The van der Waals surface area contributed by atoms with E-state index < -0.39 is 10.0 Å². The lowest BCUT2D eigenvalue weighted by molar-refractivity contribution is 0.484. The van der Waals surface area contributed by atoms with Crippen LogP contribution < -0.4 is 0 Å². The number of hydrogen-bond donors (Lipinski definition) is 0. The number of nitrogens with zero attached hydrogens (tertiary/aromatic N) is 1. The summed E-state index contributed by atoms with van der Waals surface area (Å²) in [7, 11) is -3.14. The molecule has 0 spiro atoms. The predicted octanol–water partition coefficient (Wildman–Crippen LogP) is 0.946. The Bertz CT molecular complexity index is 250. The normalized spacial score (nSPS) is 20.5. The molecule has 1 aliphatic heterocycles. The topological polar surface area (TPSA) is 37.4 Å². The predicted molar refractivity (Wildman–Crippen MR) is 44.5 cm³/mol. The minimum absolute atomic E-state index is 0.249. The second-order valence-corrected chi connectivity index (χ2v) is 4.98. The van der Waals surface area contributed by atoms with Crippen molar-refractivity contribution >= 4 is 10.0 Å². The van der Waals surface area contributed by atoms with E-state index >= 15 is 0 Å². The lowest BCUT2D eigenvalue weighted by atomic mass is 10.4. The van der Waals surface area contributed by atoms with Gasteiger partial charge in [0.25, 0.3) is 0 Å². The highest BCUT2D eigenvalue weighted by molar-refractivity contribution is 7.92. The summed E-state index contributed by atoms with van der Waals surface area (Å²) in [5, 5.41) is 0. The Morgan fingerprint density at radius 3 is 2.18 bits per heavy atom. The van der Waals surface area contributed by atoms with E-state index in [1.807, 2.05) is 0 Å². The molecule has 1 heterocycles. The van der Waals surface area contributed by atoms with Gasteiger partial charge in [-0.2, -0.15) is 4.31 Å². The van der Waals surface area contributed by atoms with Crippen molar-refractivity contribution in [2.24, 2.45) is 0 Å². The molecule has 64 valence electrons. The van der Waals surface area contributed by atoms with E-state index in [0.717, 1.165) is 12.8 Å². The summed E-state index contributed by atoms with van der Waals surface area (Å²) in [6, 6.07) is 0. The van der Waals surface area contributed by atoms with E-state index in [0.29, 0.717) is 13.1 Å². The molecule has 11 heavy (non-hydrogen) atoms. The molecule has 0 aromatic heterocycles. The van der Waals surface area contributed by atoms with Crippen molar-refractivity contribution in [1.82, 2.24) is 4.31 Å². The quantitative estimate of drug-likeness (QED) is 0.626.